The second-order valence-corrected chi connectivity index (χ2v) is 8.76. The van der Waals surface area contributed by atoms with Crippen LogP contribution in [0.4, 0.5) is 5.69 Å². The average molecular weight is 417 g/mol. The van der Waals surface area contributed by atoms with E-state index in [1.807, 2.05) is 6.92 Å². The van der Waals surface area contributed by atoms with Crippen molar-refractivity contribution >= 4 is 39.2 Å². The lowest BCUT2D eigenvalue weighted by Gasteiger charge is -2.20. The quantitative estimate of drug-likeness (QED) is 0.689. The van der Waals surface area contributed by atoms with Crippen molar-refractivity contribution in [2.24, 2.45) is 0 Å². The molecule has 1 amide bonds. The Bertz CT molecular complexity index is 774. The summed E-state index contributed by atoms with van der Waals surface area (Å²) in [7, 11) is -3.66. The number of carbonyl (C=O) groups excluding carboxylic acids is 2. The van der Waals surface area contributed by atoms with Gasteiger partial charge in [-0.1, -0.05) is 31.4 Å². The molecular weight excluding hydrogens is 392 g/mol. The van der Waals surface area contributed by atoms with Crippen molar-refractivity contribution < 1.29 is 22.7 Å². The molecule has 9 heteroatoms. The number of hydrogen-bond acceptors (Lipinski definition) is 5. The first kappa shape index (κ1) is 21.7. The largest absolute Gasteiger partial charge is 0.456 e. The van der Waals surface area contributed by atoms with Crippen LogP contribution in [0.25, 0.3) is 0 Å². The summed E-state index contributed by atoms with van der Waals surface area (Å²) in [5, 5.41) is 2.71. The number of carbonyl (C=O) groups is 2. The maximum atomic E-state index is 12.9. The molecule has 0 aliphatic carbocycles. The van der Waals surface area contributed by atoms with Gasteiger partial charge in [0.2, 0.25) is 10.0 Å². The van der Waals surface area contributed by atoms with Crippen molar-refractivity contribution in [3.8, 4) is 0 Å². The molecule has 1 aromatic rings. The first-order valence-electron chi connectivity index (χ1n) is 9.09. The first-order valence-corrected chi connectivity index (χ1v) is 10.9. The van der Waals surface area contributed by atoms with Gasteiger partial charge in [-0.05, 0) is 37.5 Å². The van der Waals surface area contributed by atoms with Gasteiger partial charge in [-0.15, -0.1) is 0 Å². The molecule has 0 bridgehead atoms. The molecule has 1 heterocycles. The molecule has 1 fully saturated rings. The molecular formula is C18H25ClN2O5S. The standard InChI is InChI=1S/C18H25ClN2O5S/c1-2-7-18(23)26-13-17(22)20-16-12-14(8-9-15(16)19)27(24,25)21-10-5-3-4-6-11-21/h8-9,12H,2-7,10-11,13H2,1H3,(H,20,22). The molecule has 0 unspecified atom stereocenters. The lowest BCUT2D eigenvalue weighted by molar-refractivity contribution is -0.147. The number of esters is 1. The highest BCUT2D eigenvalue weighted by atomic mass is 35.5. The highest BCUT2D eigenvalue weighted by Crippen LogP contribution is 2.28. The zero-order valence-corrected chi connectivity index (χ0v) is 16.9. The van der Waals surface area contributed by atoms with E-state index < -0.39 is 28.5 Å². The van der Waals surface area contributed by atoms with Gasteiger partial charge in [0.25, 0.3) is 5.91 Å². The number of ether oxygens (including phenoxy) is 1. The summed E-state index contributed by atoms with van der Waals surface area (Å²) in [6.45, 7) is 2.36. The summed E-state index contributed by atoms with van der Waals surface area (Å²) in [4.78, 5) is 23.4. The van der Waals surface area contributed by atoms with E-state index in [1.54, 1.807) is 0 Å². The van der Waals surface area contributed by atoms with Gasteiger partial charge in [0, 0.05) is 19.5 Å². The van der Waals surface area contributed by atoms with E-state index in [1.165, 1.54) is 22.5 Å². The van der Waals surface area contributed by atoms with E-state index in [2.05, 4.69) is 5.32 Å². The van der Waals surface area contributed by atoms with Crippen LogP contribution in [-0.4, -0.2) is 44.3 Å². The number of hydrogen-bond donors (Lipinski definition) is 1. The number of rotatable bonds is 7. The molecule has 0 radical (unpaired) electrons. The molecule has 7 nitrogen and oxygen atoms in total. The van der Waals surface area contributed by atoms with Gasteiger partial charge in [-0.3, -0.25) is 9.59 Å². The van der Waals surface area contributed by atoms with Crippen molar-refractivity contribution in [1.29, 1.82) is 0 Å². The Kier molecular flexibility index (Phi) is 8.07. The number of nitrogens with one attached hydrogen (secondary N) is 1. The van der Waals surface area contributed by atoms with E-state index in [0.717, 1.165) is 25.7 Å². The van der Waals surface area contributed by atoms with Gasteiger partial charge in [0.15, 0.2) is 6.61 Å². The topological polar surface area (TPSA) is 92.8 Å². The highest BCUT2D eigenvalue weighted by Gasteiger charge is 2.26. The molecule has 27 heavy (non-hydrogen) atoms. The van der Waals surface area contributed by atoms with Crippen molar-refractivity contribution in [3.63, 3.8) is 0 Å². The smallest absolute Gasteiger partial charge is 0.306 e. The summed E-state index contributed by atoms with van der Waals surface area (Å²) in [6.07, 6.45) is 4.56. The lowest BCUT2D eigenvalue weighted by Crippen LogP contribution is -2.32. The van der Waals surface area contributed by atoms with E-state index >= 15 is 0 Å². The molecule has 1 saturated heterocycles. The number of anilines is 1. The van der Waals surface area contributed by atoms with Gasteiger partial charge >= 0.3 is 5.97 Å². The van der Waals surface area contributed by atoms with Crippen LogP contribution < -0.4 is 5.32 Å². The molecule has 1 N–H and O–H groups in total. The molecule has 1 aliphatic rings. The van der Waals surface area contributed by atoms with Gasteiger partial charge < -0.3 is 10.1 Å². The van der Waals surface area contributed by atoms with Crippen LogP contribution in [-0.2, 0) is 24.3 Å². The third-order valence-corrected chi connectivity index (χ3v) is 6.46. The van der Waals surface area contributed by atoms with Gasteiger partial charge in [-0.2, -0.15) is 4.31 Å². The molecule has 0 atom stereocenters. The fourth-order valence-electron chi connectivity index (χ4n) is 2.80. The number of nitrogens with zero attached hydrogens (tertiary/aromatic N) is 1. The third-order valence-electron chi connectivity index (χ3n) is 4.23. The predicted octanol–water partition coefficient (Wildman–Crippen LogP) is 3.19. The van der Waals surface area contributed by atoms with Crippen LogP contribution in [0, 0.1) is 0 Å². The van der Waals surface area contributed by atoms with Crippen molar-refractivity contribution in [3.05, 3.63) is 23.2 Å². The van der Waals surface area contributed by atoms with E-state index in [-0.39, 0.29) is 22.0 Å². The number of halogens is 1. The Labute approximate surface area is 165 Å². The summed E-state index contributed by atoms with van der Waals surface area (Å²) in [5.41, 5.74) is 0.170. The minimum atomic E-state index is -3.66. The maximum Gasteiger partial charge on any atom is 0.306 e. The van der Waals surface area contributed by atoms with Crippen LogP contribution >= 0.6 is 11.6 Å². The Morgan fingerprint density at radius 2 is 1.85 bits per heavy atom. The molecule has 1 aromatic carbocycles. The predicted molar refractivity (Wildman–Crippen MR) is 103 cm³/mol. The van der Waals surface area contributed by atoms with Gasteiger partial charge in [0.05, 0.1) is 15.6 Å². The second kappa shape index (κ2) is 10.1. The van der Waals surface area contributed by atoms with Crippen LogP contribution in [0.5, 0.6) is 0 Å². The Morgan fingerprint density at radius 1 is 1.19 bits per heavy atom. The highest BCUT2D eigenvalue weighted by molar-refractivity contribution is 7.89. The molecule has 1 aliphatic heterocycles. The normalized spacial score (nSPS) is 15.8. The monoisotopic (exact) mass is 416 g/mol. The average Bonchev–Trinajstić information content (AvgIpc) is 2.92. The molecule has 2 rings (SSSR count). The number of benzene rings is 1. The Morgan fingerprint density at radius 3 is 2.48 bits per heavy atom. The summed E-state index contributed by atoms with van der Waals surface area (Å²) < 4.78 is 32.1. The molecule has 0 aromatic heterocycles. The van der Waals surface area contributed by atoms with Crippen LogP contribution in [0.1, 0.15) is 45.4 Å². The number of sulfonamides is 1. The molecule has 0 saturated carbocycles. The van der Waals surface area contributed by atoms with Crippen molar-refractivity contribution in [1.82, 2.24) is 4.31 Å². The Hall–Kier alpha value is -1.64. The van der Waals surface area contributed by atoms with E-state index in [9.17, 15) is 18.0 Å². The lowest BCUT2D eigenvalue weighted by atomic mass is 10.2. The fourth-order valence-corrected chi connectivity index (χ4v) is 4.51. The van der Waals surface area contributed by atoms with Crippen LogP contribution in [0.2, 0.25) is 5.02 Å². The third kappa shape index (κ3) is 6.19. The summed E-state index contributed by atoms with van der Waals surface area (Å²) in [6, 6.07) is 4.21. The van der Waals surface area contributed by atoms with Crippen molar-refractivity contribution in [2.75, 3.05) is 25.0 Å². The summed E-state index contributed by atoms with van der Waals surface area (Å²) >= 11 is 6.08. The molecule has 150 valence electrons. The van der Waals surface area contributed by atoms with Crippen molar-refractivity contribution in [2.45, 2.75) is 50.3 Å². The molecule has 0 spiro atoms. The number of amides is 1. The van der Waals surface area contributed by atoms with Gasteiger partial charge in [0.1, 0.15) is 0 Å². The summed E-state index contributed by atoms with van der Waals surface area (Å²) in [5.74, 6) is -1.04. The zero-order valence-electron chi connectivity index (χ0n) is 15.4. The minimum Gasteiger partial charge on any atom is -0.456 e. The minimum absolute atomic E-state index is 0.0760. The fraction of sp³-hybridized carbons (Fsp3) is 0.556. The SMILES string of the molecule is CCCC(=O)OCC(=O)Nc1cc(S(=O)(=O)N2CCCCCC2)ccc1Cl. The maximum absolute atomic E-state index is 12.9. The second-order valence-electron chi connectivity index (χ2n) is 6.42. The van der Waals surface area contributed by atoms with Gasteiger partial charge in [-0.25, -0.2) is 8.42 Å². The van der Waals surface area contributed by atoms with Crippen LogP contribution in [0.15, 0.2) is 23.1 Å². The Balaban J connectivity index is 2.10. The zero-order chi connectivity index (χ0) is 19.9. The van der Waals surface area contributed by atoms with E-state index in [4.69, 9.17) is 16.3 Å². The van der Waals surface area contributed by atoms with E-state index in [0.29, 0.717) is 19.5 Å². The first-order chi connectivity index (χ1) is 12.8. The van der Waals surface area contributed by atoms with Crippen LogP contribution in [0.3, 0.4) is 0 Å².